The summed E-state index contributed by atoms with van der Waals surface area (Å²) >= 11 is 0. The van der Waals surface area contributed by atoms with Crippen LogP contribution >= 0.6 is 0 Å². The van der Waals surface area contributed by atoms with Gasteiger partial charge in [-0.1, -0.05) is 0 Å². The lowest BCUT2D eigenvalue weighted by molar-refractivity contribution is -0.137. The van der Waals surface area contributed by atoms with Gasteiger partial charge < -0.3 is 9.47 Å². The van der Waals surface area contributed by atoms with E-state index in [4.69, 9.17) is 4.74 Å². The largest absolute Gasteiger partial charge is 0.460 e. The van der Waals surface area contributed by atoms with Crippen molar-refractivity contribution in [2.45, 2.75) is 13.5 Å². The molecule has 0 heterocycles. The van der Waals surface area contributed by atoms with Crippen LogP contribution < -0.4 is 0 Å². The molecule has 4 nitrogen and oxygen atoms in total. The van der Waals surface area contributed by atoms with Gasteiger partial charge in [-0.15, -0.1) is 0 Å². The summed E-state index contributed by atoms with van der Waals surface area (Å²) in [5.41, 5.74) is 0.319. The number of ether oxygens (including phenoxy) is 2. The first-order valence-corrected chi connectivity index (χ1v) is 5.09. The molecule has 0 saturated heterocycles. The van der Waals surface area contributed by atoms with Gasteiger partial charge in [-0.2, -0.15) is 0 Å². The molecule has 0 fully saturated rings. The van der Waals surface area contributed by atoms with Gasteiger partial charge in [0.25, 0.3) is 5.78 Å². The lowest BCUT2D eigenvalue weighted by Crippen LogP contribution is -2.17. The highest BCUT2D eigenvalue weighted by atomic mass is 19.1. The fourth-order valence-corrected chi connectivity index (χ4v) is 1.30. The fraction of sp³-hybridized carbons (Fsp3) is 0.333. The first kappa shape index (κ1) is 13.3. The average Bonchev–Trinajstić information content (AvgIpc) is 2.31. The zero-order chi connectivity index (χ0) is 12.8. The summed E-state index contributed by atoms with van der Waals surface area (Å²) in [5, 5.41) is 0. The first-order valence-electron chi connectivity index (χ1n) is 5.09. The Morgan fingerprint density at radius 3 is 2.65 bits per heavy atom. The van der Waals surface area contributed by atoms with Crippen LogP contribution in [0.3, 0.4) is 0 Å². The van der Waals surface area contributed by atoms with Crippen LogP contribution in [-0.2, 0) is 20.9 Å². The molecule has 0 N–H and O–H groups in total. The first-order chi connectivity index (χ1) is 8.10. The third-order valence-electron chi connectivity index (χ3n) is 2.07. The van der Waals surface area contributed by atoms with Crippen LogP contribution in [0.2, 0.25) is 0 Å². The second-order valence-electron chi connectivity index (χ2n) is 3.29. The highest BCUT2D eigenvalue weighted by Gasteiger charge is 2.18. The number of ketones is 1. The Morgan fingerprint density at radius 1 is 1.35 bits per heavy atom. The van der Waals surface area contributed by atoms with Crippen LogP contribution in [0.1, 0.15) is 22.8 Å². The van der Waals surface area contributed by atoms with E-state index in [9.17, 15) is 14.0 Å². The molecule has 0 radical (unpaired) electrons. The van der Waals surface area contributed by atoms with Crippen molar-refractivity contribution in [2.75, 3.05) is 13.7 Å². The molecular weight excluding hydrogens is 227 g/mol. The van der Waals surface area contributed by atoms with E-state index in [0.717, 1.165) is 6.07 Å². The monoisotopic (exact) mass is 240 g/mol. The van der Waals surface area contributed by atoms with E-state index in [2.05, 4.69) is 4.74 Å². The van der Waals surface area contributed by atoms with Crippen molar-refractivity contribution >= 4 is 11.8 Å². The maximum atomic E-state index is 13.3. The van der Waals surface area contributed by atoms with E-state index in [1.54, 1.807) is 6.92 Å². The third-order valence-corrected chi connectivity index (χ3v) is 2.07. The molecule has 0 aliphatic heterocycles. The summed E-state index contributed by atoms with van der Waals surface area (Å²) in [6.45, 7) is 1.76. The summed E-state index contributed by atoms with van der Waals surface area (Å²) < 4.78 is 22.6. The van der Waals surface area contributed by atoms with Crippen molar-refractivity contribution in [2.24, 2.45) is 0 Å². The standard InChI is InChI=1S/C12H13FO4/c1-3-17-12(15)11(14)8-4-5-10(13)9(6-8)7-16-2/h4-6H,3,7H2,1-2H3. The van der Waals surface area contributed by atoms with Gasteiger partial charge in [0.2, 0.25) is 0 Å². The predicted octanol–water partition coefficient (Wildman–Crippen LogP) is 1.72. The molecule has 1 aromatic carbocycles. The van der Waals surface area contributed by atoms with Gasteiger partial charge in [0.1, 0.15) is 5.82 Å². The molecule has 0 unspecified atom stereocenters. The molecule has 0 aliphatic carbocycles. The number of benzene rings is 1. The van der Waals surface area contributed by atoms with E-state index < -0.39 is 17.6 Å². The van der Waals surface area contributed by atoms with E-state index in [1.807, 2.05) is 0 Å². The van der Waals surface area contributed by atoms with E-state index in [1.165, 1.54) is 19.2 Å². The number of carbonyl (C=O) groups is 2. The molecule has 0 saturated carbocycles. The minimum Gasteiger partial charge on any atom is -0.460 e. The van der Waals surface area contributed by atoms with Gasteiger partial charge >= 0.3 is 5.97 Å². The van der Waals surface area contributed by atoms with Crippen molar-refractivity contribution in [1.82, 2.24) is 0 Å². The molecule has 1 rings (SSSR count). The number of methoxy groups -OCH3 is 1. The average molecular weight is 240 g/mol. The number of Topliss-reactive ketones (excluding diaryl/α,β-unsaturated/α-hetero) is 1. The Bertz CT molecular complexity index is 429. The predicted molar refractivity (Wildman–Crippen MR) is 58.1 cm³/mol. The van der Waals surface area contributed by atoms with E-state index in [-0.39, 0.29) is 24.3 Å². The number of rotatable bonds is 5. The van der Waals surface area contributed by atoms with Crippen LogP contribution in [0.25, 0.3) is 0 Å². The fourth-order valence-electron chi connectivity index (χ4n) is 1.30. The topological polar surface area (TPSA) is 52.6 Å². The molecule has 0 aromatic heterocycles. The van der Waals surface area contributed by atoms with Gasteiger partial charge in [0, 0.05) is 18.2 Å². The van der Waals surface area contributed by atoms with Crippen LogP contribution in [-0.4, -0.2) is 25.5 Å². The second kappa shape index (κ2) is 6.10. The third kappa shape index (κ3) is 3.35. The highest BCUT2D eigenvalue weighted by Crippen LogP contribution is 2.12. The molecule has 92 valence electrons. The molecule has 5 heteroatoms. The second-order valence-corrected chi connectivity index (χ2v) is 3.29. The quantitative estimate of drug-likeness (QED) is 0.446. The minimum atomic E-state index is -0.942. The summed E-state index contributed by atoms with van der Waals surface area (Å²) in [4.78, 5) is 22.8. The van der Waals surface area contributed by atoms with Crippen LogP contribution in [0, 0.1) is 5.82 Å². The number of carbonyl (C=O) groups excluding carboxylic acids is 2. The molecule has 0 amide bonds. The maximum absolute atomic E-state index is 13.3. The molecule has 0 bridgehead atoms. The zero-order valence-corrected chi connectivity index (χ0v) is 9.66. The molecule has 1 aromatic rings. The Labute approximate surface area is 98.3 Å². The summed E-state index contributed by atoms with van der Waals surface area (Å²) in [7, 11) is 1.42. The Balaban J connectivity index is 2.95. The minimum absolute atomic E-state index is 0.0375. The van der Waals surface area contributed by atoms with Crippen molar-refractivity contribution in [3.63, 3.8) is 0 Å². The summed E-state index contributed by atoms with van der Waals surface area (Å²) in [5.74, 6) is -2.21. The maximum Gasteiger partial charge on any atom is 0.379 e. The van der Waals surface area contributed by atoms with Crippen LogP contribution in [0.4, 0.5) is 4.39 Å². The van der Waals surface area contributed by atoms with Crippen LogP contribution in [0.15, 0.2) is 18.2 Å². The van der Waals surface area contributed by atoms with Gasteiger partial charge in [-0.05, 0) is 25.1 Å². The summed E-state index contributed by atoms with van der Waals surface area (Å²) in [6, 6.07) is 3.66. The van der Waals surface area contributed by atoms with Crippen molar-refractivity contribution in [1.29, 1.82) is 0 Å². The van der Waals surface area contributed by atoms with Gasteiger partial charge in [0.05, 0.1) is 13.2 Å². The molecule has 0 spiro atoms. The number of hydrogen-bond donors (Lipinski definition) is 0. The zero-order valence-electron chi connectivity index (χ0n) is 9.66. The number of esters is 1. The van der Waals surface area contributed by atoms with Crippen molar-refractivity contribution in [3.8, 4) is 0 Å². The molecular formula is C12H13FO4. The normalized spacial score (nSPS) is 10.1. The number of hydrogen-bond acceptors (Lipinski definition) is 4. The van der Waals surface area contributed by atoms with Gasteiger partial charge in [0.15, 0.2) is 0 Å². The lowest BCUT2D eigenvalue weighted by Gasteiger charge is -2.05. The Hall–Kier alpha value is -1.75. The van der Waals surface area contributed by atoms with Crippen molar-refractivity contribution in [3.05, 3.63) is 35.1 Å². The molecule has 0 aliphatic rings. The lowest BCUT2D eigenvalue weighted by atomic mass is 10.1. The highest BCUT2D eigenvalue weighted by molar-refractivity contribution is 6.40. The number of halogens is 1. The Morgan fingerprint density at radius 2 is 2.06 bits per heavy atom. The molecule has 0 atom stereocenters. The SMILES string of the molecule is CCOC(=O)C(=O)c1ccc(F)c(COC)c1. The van der Waals surface area contributed by atoms with Crippen LogP contribution in [0.5, 0.6) is 0 Å². The van der Waals surface area contributed by atoms with Gasteiger partial charge in [-0.3, -0.25) is 4.79 Å². The summed E-state index contributed by atoms with van der Waals surface area (Å²) in [6.07, 6.45) is 0. The van der Waals surface area contributed by atoms with Crippen molar-refractivity contribution < 1.29 is 23.5 Å². The van der Waals surface area contributed by atoms with E-state index in [0.29, 0.717) is 0 Å². The smallest absolute Gasteiger partial charge is 0.379 e. The molecule has 17 heavy (non-hydrogen) atoms. The van der Waals surface area contributed by atoms with E-state index >= 15 is 0 Å². The Kier molecular flexibility index (Phi) is 4.78. The van der Waals surface area contributed by atoms with Gasteiger partial charge in [-0.25, -0.2) is 9.18 Å².